The molecule has 0 amide bonds. The van der Waals surface area contributed by atoms with Crippen molar-refractivity contribution >= 4 is 0 Å². The second-order valence-corrected chi connectivity index (χ2v) is 2.77. The van der Waals surface area contributed by atoms with Crippen molar-refractivity contribution in [3.8, 4) is 11.4 Å². The Labute approximate surface area is 80.3 Å². The fraction of sp³-hybridized carbons (Fsp3) is 0.111. The van der Waals surface area contributed by atoms with Crippen LogP contribution in [-0.4, -0.2) is 20.4 Å². The van der Waals surface area contributed by atoms with Gasteiger partial charge in [0.25, 0.3) is 0 Å². The Morgan fingerprint density at radius 1 is 1.36 bits per heavy atom. The number of rotatable bonds is 3. The minimum atomic E-state index is 0.0971. The Morgan fingerprint density at radius 3 is 3.00 bits per heavy atom. The minimum absolute atomic E-state index is 0.0971. The third-order valence-corrected chi connectivity index (χ3v) is 1.78. The van der Waals surface area contributed by atoms with Crippen molar-refractivity contribution in [3.05, 3.63) is 36.2 Å². The van der Waals surface area contributed by atoms with Crippen molar-refractivity contribution in [2.75, 3.05) is 0 Å². The predicted molar refractivity (Wildman–Crippen MR) is 49.2 cm³/mol. The van der Waals surface area contributed by atoms with Crippen LogP contribution < -0.4 is 0 Å². The molecule has 72 valence electrons. The summed E-state index contributed by atoms with van der Waals surface area (Å²) >= 11 is 0. The number of nitrogens with zero attached hydrogens (tertiary/aromatic N) is 2. The fourth-order valence-corrected chi connectivity index (χ4v) is 1.15. The Bertz CT molecular complexity index is 399. The van der Waals surface area contributed by atoms with Gasteiger partial charge < -0.3 is 0 Å². The first kappa shape index (κ1) is 8.86. The number of aromatic nitrogens is 3. The van der Waals surface area contributed by atoms with Gasteiger partial charge in [0.2, 0.25) is 0 Å². The molecular formula is C9H9N3O2. The number of aromatic amines is 1. The van der Waals surface area contributed by atoms with Gasteiger partial charge in [0.05, 0.1) is 11.4 Å². The molecule has 0 aliphatic carbocycles. The average molecular weight is 191 g/mol. The Hall–Kier alpha value is -1.72. The SMILES string of the molecule is OOCc1cc(-c2ccccn2)n[nH]1. The van der Waals surface area contributed by atoms with E-state index >= 15 is 0 Å². The highest BCUT2D eigenvalue weighted by molar-refractivity contribution is 5.53. The van der Waals surface area contributed by atoms with E-state index in [1.54, 1.807) is 12.3 Å². The van der Waals surface area contributed by atoms with E-state index in [0.717, 1.165) is 11.4 Å². The largest absolute Gasteiger partial charge is 0.279 e. The van der Waals surface area contributed by atoms with Crippen LogP contribution in [-0.2, 0) is 11.5 Å². The summed E-state index contributed by atoms with van der Waals surface area (Å²) in [4.78, 5) is 8.12. The lowest BCUT2D eigenvalue weighted by Crippen LogP contribution is -1.86. The van der Waals surface area contributed by atoms with Crippen molar-refractivity contribution in [2.45, 2.75) is 6.61 Å². The first-order valence-electron chi connectivity index (χ1n) is 4.12. The van der Waals surface area contributed by atoms with Gasteiger partial charge in [-0.25, -0.2) is 4.89 Å². The minimum Gasteiger partial charge on any atom is -0.279 e. The maximum Gasteiger partial charge on any atom is 0.123 e. The third kappa shape index (κ3) is 1.78. The lowest BCUT2D eigenvalue weighted by atomic mass is 10.2. The van der Waals surface area contributed by atoms with Gasteiger partial charge in [-0.3, -0.25) is 15.3 Å². The van der Waals surface area contributed by atoms with Gasteiger partial charge in [0, 0.05) is 6.20 Å². The average Bonchev–Trinajstić information content (AvgIpc) is 2.68. The Morgan fingerprint density at radius 2 is 2.29 bits per heavy atom. The highest BCUT2D eigenvalue weighted by Gasteiger charge is 2.03. The molecule has 2 aromatic heterocycles. The zero-order chi connectivity index (χ0) is 9.80. The van der Waals surface area contributed by atoms with Crippen molar-refractivity contribution in [2.24, 2.45) is 0 Å². The first-order chi connectivity index (χ1) is 6.90. The maximum atomic E-state index is 8.24. The summed E-state index contributed by atoms with van der Waals surface area (Å²) < 4.78 is 0. The molecule has 0 aliphatic heterocycles. The van der Waals surface area contributed by atoms with E-state index in [0.29, 0.717) is 5.69 Å². The molecule has 0 saturated heterocycles. The van der Waals surface area contributed by atoms with E-state index in [-0.39, 0.29) is 6.61 Å². The van der Waals surface area contributed by atoms with E-state index in [4.69, 9.17) is 5.26 Å². The van der Waals surface area contributed by atoms with Gasteiger partial charge in [-0.05, 0) is 18.2 Å². The maximum absolute atomic E-state index is 8.24. The van der Waals surface area contributed by atoms with Crippen molar-refractivity contribution in [1.82, 2.24) is 15.2 Å². The zero-order valence-corrected chi connectivity index (χ0v) is 7.34. The molecule has 14 heavy (non-hydrogen) atoms. The molecule has 5 nitrogen and oxygen atoms in total. The van der Waals surface area contributed by atoms with Gasteiger partial charge in [-0.2, -0.15) is 5.10 Å². The summed E-state index contributed by atoms with van der Waals surface area (Å²) in [6, 6.07) is 7.37. The summed E-state index contributed by atoms with van der Waals surface area (Å²) in [7, 11) is 0. The number of nitrogens with one attached hydrogen (secondary N) is 1. The standard InChI is InChI=1S/C9H9N3O2/c13-14-6-7-5-9(12-11-7)8-3-1-2-4-10-8/h1-5,13H,6H2,(H,11,12). The molecule has 0 unspecified atom stereocenters. The molecular weight excluding hydrogens is 182 g/mol. The fourth-order valence-electron chi connectivity index (χ4n) is 1.15. The Kier molecular flexibility index (Phi) is 2.53. The molecule has 0 saturated carbocycles. The van der Waals surface area contributed by atoms with Crippen LogP contribution in [0.3, 0.4) is 0 Å². The number of hydrogen-bond acceptors (Lipinski definition) is 4. The Balaban J connectivity index is 2.25. The molecule has 2 heterocycles. The van der Waals surface area contributed by atoms with Gasteiger partial charge in [0.15, 0.2) is 0 Å². The molecule has 5 heteroatoms. The third-order valence-electron chi connectivity index (χ3n) is 1.78. The highest BCUT2D eigenvalue weighted by Crippen LogP contribution is 2.14. The van der Waals surface area contributed by atoms with Crippen molar-refractivity contribution in [3.63, 3.8) is 0 Å². The molecule has 2 aromatic rings. The molecule has 0 aliphatic rings. The van der Waals surface area contributed by atoms with Crippen LogP contribution in [0.4, 0.5) is 0 Å². The van der Waals surface area contributed by atoms with Crippen LogP contribution in [0.25, 0.3) is 11.4 Å². The van der Waals surface area contributed by atoms with Crippen LogP contribution in [0, 0.1) is 0 Å². The normalized spacial score (nSPS) is 10.4. The van der Waals surface area contributed by atoms with E-state index in [1.165, 1.54) is 0 Å². The van der Waals surface area contributed by atoms with Crippen LogP contribution in [0.1, 0.15) is 5.69 Å². The van der Waals surface area contributed by atoms with Gasteiger partial charge >= 0.3 is 0 Å². The summed E-state index contributed by atoms with van der Waals surface area (Å²) in [5, 5.41) is 15.0. The quantitative estimate of drug-likeness (QED) is 0.569. The molecule has 0 aromatic carbocycles. The molecule has 0 radical (unpaired) electrons. The van der Waals surface area contributed by atoms with Crippen molar-refractivity contribution in [1.29, 1.82) is 0 Å². The smallest absolute Gasteiger partial charge is 0.123 e. The molecule has 0 bridgehead atoms. The molecule has 0 atom stereocenters. The van der Waals surface area contributed by atoms with Crippen LogP contribution in [0.15, 0.2) is 30.5 Å². The van der Waals surface area contributed by atoms with Gasteiger partial charge in [-0.1, -0.05) is 6.07 Å². The monoisotopic (exact) mass is 191 g/mol. The van der Waals surface area contributed by atoms with E-state index in [1.807, 2.05) is 18.2 Å². The van der Waals surface area contributed by atoms with Crippen molar-refractivity contribution < 1.29 is 10.1 Å². The zero-order valence-electron chi connectivity index (χ0n) is 7.34. The van der Waals surface area contributed by atoms with Gasteiger partial charge in [0.1, 0.15) is 12.3 Å². The summed E-state index contributed by atoms with van der Waals surface area (Å²) in [5.41, 5.74) is 2.22. The lowest BCUT2D eigenvalue weighted by molar-refractivity contribution is -0.253. The van der Waals surface area contributed by atoms with Gasteiger partial charge in [-0.15, -0.1) is 0 Å². The van der Waals surface area contributed by atoms with E-state index in [9.17, 15) is 0 Å². The number of H-pyrrole nitrogens is 1. The van der Waals surface area contributed by atoms with Crippen LogP contribution >= 0.6 is 0 Å². The molecule has 2 N–H and O–H groups in total. The summed E-state index contributed by atoms with van der Waals surface area (Å²) in [6.45, 7) is 0.0971. The topological polar surface area (TPSA) is 71.0 Å². The predicted octanol–water partition coefficient (Wildman–Crippen LogP) is 1.46. The molecule has 0 fully saturated rings. The summed E-state index contributed by atoms with van der Waals surface area (Å²) in [5.74, 6) is 0. The summed E-state index contributed by atoms with van der Waals surface area (Å²) in [6.07, 6.45) is 1.70. The molecule has 0 spiro atoms. The van der Waals surface area contributed by atoms with E-state index < -0.39 is 0 Å². The second-order valence-electron chi connectivity index (χ2n) is 2.77. The van der Waals surface area contributed by atoms with Crippen LogP contribution in [0.2, 0.25) is 0 Å². The van der Waals surface area contributed by atoms with Crippen LogP contribution in [0.5, 0.6) is 0 Å². The van der Waals surface area contributed by atoms with E-state index in [2.05, 4.69) is 20.1 Å². The lowest BCUT2D eigenvalue weighted by Gasteiger charge is -1.91. The highest BCUT2D eigenvalue weighted by atomic mass is 17.1. The first-order valence-corrected chi connectivity index (χ1v) is 4.12. The number of hydrogen-bond donors (Lipinski definition) is 2. The number of pyridine rings is 1. The molecule has 2 rings (SSSR count). The second kappa shape index (κ2) is 3.99.